The number of aliphatic hydroxyl groups is 1. The fourth-order valence-corrected chi connectivity index (χ4v) is 4.61. The summed E-state index contributed by atoms with van der Waals surface area (Å²) in [5.41, 5.74) is 5.32. The molecule has 0 aliphatic heterocycles. The largest absolute Gasteiger partial charge is 0.472 e. The fraction of sp³-hybridized carbons (Fsp3) is 0.618. The first kappa shape index (κ1) is 40.9. The standard InChI is InChI=1S/C34H59N2O6P/c1-3-5-7-9-11-12-13-14-15-16-17-18-19-20-22-24-26-28-34(38)36-32(31-42-43(39,40)41-30-29-35)33(37)27-25-23-21-10-8-6-4-2/h5,7-8,10-12,14-15,17-18,25,27,32-33,37H,3-4,6,9,13,16,19-24,26,28-31,35H2,1-2H3,(H,36,38)(H,39,40)/b7-5-,10-8+,12-11-,15-14-,18-17-,27-25+. The van der Waals surface area contributed by atoms with Crippen LogP contribution in [0.15, 0.2) is 72.9 Å². The topological polar surface area (TPSA) is 131 Å². The van der Waals surface area contributed by atoms with E-state index in [1.165, 1.54) is 0 Å². The van der Waals surface area contributed by atoms with Crippen LogP contribution in [0.2, 0.25) is 0 Å². The van der Waals surface area contributed by atoms with E-state index in [2.05, 4.69) is 79.9 Å². The lowest BCUT2D eigenvalue weighted by Crippen LogP contribution is -2.45. The van der Waals surface area contributed by atoms with Gasteiger partial charge in [0.05, 0.1) is 25.4 Å². The number of phosphoric acid groups is 1. The van der Waals surface area contributed by atoms with Gasteiger partial charge in [-0.2, -0.15) is 0 Å². The second-order valence-corrected chi connectivity index (χ2v) is 11.7. The summed E-state index contributed by atoms with van der Waals surface area (Å²) in [6.45, 7) is 3.81. The maximum Gasteiger partial charge on any atom is 0.472 e. The molecule has 8 nitrogen and oxygen atoms in total. The zero-order valence-corrected chi connectivity index (χ0v) is 27.6. The molecule has 0 aliphatic rings. The van der Waals surface area contributed by atoms with E-state index in [-0.39, 0.29) is 25.7 Å². The van der Waals surface area contributed by atoms with Crippen LogP contribution >= 0.6 is 7.82 Å². The number of aliphatic hydroxyl groups excluding tert-OH is 1. The fourth-order valence-electron chi connectivity index (χ4n) is 3.85. The third kappa shape index (κ3) is 28.5. The van der Waals surface area contributed by atoms with Crippen molar-refractivity contribution in [3.05, 3.63) is 72.9 Å². The zero-order chi connectivity index (χ0) is 31.9. The normalized spacial score (nSPS) is 15.6. The van der Waals surface area contributed by atoms with Gasteiger partial charge in [0.15, 0.2) is 0 Å². The third-order valence-corrected chi connectivity index (χ3v) is 7.23. The summed E-state index contributed by atoms with van der Waals surface area (Å²) >= 11 is 0. The molecule has 0 fully saturated rings. The van der Waals surface area contributed by atoms with Gasteiger partial charge in [-0.3, -0.25) is 13.8 Å². The molecule has 0 aliphatic carbocycles. The van der Waals surface area contributed by atoms with Gasteiger partial charge in [-0.05, 0) is 64.2 Å². The number of unbranched alkanes of at least 4 members (excludes halogenated alkanes) is 6. The van der Waals surface area contributed by atoms with Crippen LogP contribution in [0.25, 0.3) is 0 Å². The molecule has 0 spiro atoms. The number of carbonyl (C=O) groups is 1. The van der Waals surface area contributed by atoms with Crippen LogP contribution in [0, 0.1) is 0 Å². The minimum atomic E-state index is -4.34. The van der Waals surface area contributed by atoms with Crippen LogP contribution in [0.1, 0.15) is 104 Å². The van der Waals surface area contributed by atoms with Crippen molar-refractivity contribution in [3.8, 4) is 0 Å². The molecule has 9 heteroatoms. The lowest BCUT2D eigenvalue weighted by Gasteiger charge is -2.23. The highest BCUT2D eigenvalue weighted by Gasteiger charge is 2.26. The molecule has 3 unspecified atom stereocenters. The third-order valence-electron chi connectivity index (χ3n) is 6.25. The van der Waals surface area contributed by atoms with Gasteiger partial charge in [0.25, 0.3) is 0 Å². The minimum Gasteiger partial charge on any atom is -0.387 e. The minimum absolute atomic E-state index is 0.0651. The summed E-state index contributed by atoms with van der Waals surface area (Å²) in [5.74, 6) is -0.238. The molecule has 0 aromatic carbocycles. The van der Waals surface area contributed by atoms with Gasteiger partial charge < -0.3 is 21.1 Å². The maximum atomic E-state index is 12.6. The Balaban J connectivity index is 4.39. The monoisotopic (exact) mass is 622 g/mol. The molecule has 0 rings (SSSR count). The highest BCUT2D eigenvalue weighted by molar-refractivity contribution is 7.47. The molecule has 0 aromatic heterocycles. The summed E-state index contributed by atoms with van der Waals surface area (Å²) in [7, 11) is -4.34. The summed E-state index contributed by atoms with van der Waals surface area (Å²) in [5, 5.41) is 13.4. The first-order chi connectivity index (χ1) is 20.9. The number of hydrogen-bond donors (Lipinski definition) is 4. The maximum absolute atomic E-state index is 12.6. The summed E-state index contributed by atoms with van der Waals surface area (Å²) < 4.78 is 21.8. The van der Waals surface area contributed by atoms with Gasteiger partial charge in [-0.25, -0.2) is 4.57 Å². The highest BCUT2D eigenvalue weighted by atomic mass is 31.2. The number of allylic oxidation sites excluding steroid dienone is 11. The molecule has 0 saturated carbocycles. The van der Waals surface area contributed by atoms with E-state index in [4.69, 9.17) is 14.8 Å². The van der Waals surface area contributed by atoms with E-state index in [1.807, 2.05) is 6.08 Å². The van der Waals surface area contributed by atoms with Crippen molar-refractivity contribution in [1.82, 2.24) is 5.32 Å². The van der Waals surface area contributed by atoms with Gasteiger partial charge in [-0.15, -0.1) is 0 Å². The molecule has 0 heterocycles. The van der Waals surface area contributed by atoms with Gasteiger partial charge in [-0.1, -0.05) is 106 Å². The Morgan fingerprint density at radius 2 is 1.37 bits per heavy atom. The predicted molar refractivity (Wildman–Crippen MR) is 180 cm³/mol. The molecule has 5 N–H and O–H groups in total. The molecular formula is C34H59N2O6P. The zero-order valence-electron chi connectivity index (χ0n) is 26.7. The average molecular weight is 623 g/mol. The molecular weight excluding hydrogens is 563 g/mol. The summed E-state index contributed by atoms with van der Waals surface area (Å²) in [6.07, 6.45) is 36.9. The van der Waals surface area contributed by atoms with Crippen LogP contribution < -0.4 is 11.1 Å². The Kier molecular flexibility index (Phi) is 28.6. The molecule has 1 amide bonds. The predicted octanol–water partition coefficient (Wildman–Crippen LogP) is 7.76. The lowest BCUT2D eigenvalue weighted by molar-refractivity contribution is -0.123. The number of amides is 1. The Labute approximate surface area is 261 Å². The van der Waals surface area contributed by atoms with E-state index in [1.54, 1.807) is 6.08 Å². The van der Waals surface area contributed by atoms with Crippen molar-refractivity contribution in [2.45, 2.75) is 116 Å². The Morgan fingerprint density at radius 3 is 2.02 bits per heavy atom. The van der Waals surface area contributed by atoms with Crippen molar-refractivity contribution in [2.24, 2.45) is 5.73 Å². The highest BCUT2D eigenvalue weighted by Crippen LogP contribution is 2.43. The molecule has 0 aromatic rings. The number of rotatable bonds is 28. The number of nitrogens with two attached hydrogens (primary N) is 1. The van der Waals surface area contributed by atoms with Gasteiger partial charge in [0.1, 0.15) is 0 Å². The van der Waals surface area contributed by atoms with E-state index >= 15 is 0 Å². The number of nitrogens with one attached hydrogen (secondary N) is 1. The Hall–Kier alpha value is -2.06. The van der Waals surface area contributed by atoms with Gasteiger partial charge in [0, 0.05) is 13.0 Å². The quantitative estimate of drug-likeness (QED) is 0.0398. The van der Waals surface area contributed by atoms with Crippen LogP contribution in [-0.2, 0) is 18.4 Å². The molecule has 0 bridgehead atoms. The number of hydrogen-bond acceptors (Lipinski definition) is 6. The van der Waals surface area contributed by atoms with E-state index in [0.29, 0.717) is 6.42 Å². The van der Waals surface area contributed by atoms with Crippen LogP contribution in [0.5, 0.6) is 0 Å². The summed E-state index contributed by atoms with van der Waals surface area (Å²) in [6, 6.07) is -0.889. The first-order valence-electron chi connectivity index (χ1n) is 16.1. The van der Waals surface area contributed by atoms with Gasteiger partial charge in [0.2, 0.25) is 5.91 Å². The molecule has 0 saturated heterocycles. The van der Waals surface area contributed by atoms with Crippen LogP contribution in [0.3, 0.4) is 0 Å². The molecule has 246 valence electrons. The molecule has 0 radical (unpaired) electrons. The number of phosphoric ester groups is 1. The molecule has 43 heavy (non-hydrogen) atoms. The van der Waals surface area contributed by atoms with Gasteiger partial charge >= 0.3 is 7.82 Å². The van der Waals surface area contributed by atoms with E-state index in [9.17, 15) is 19.4 Å². The smallest absolute Gasteiger partial charge is 0.387 e. The van der Waals surface area contributed by atoms with Crippen molar-refractivity contribution < 1.29 is 28.4 Å². The summed E-state index contributed by atoms with van der Waals surface area (Å²) in [4.78, 5) is 22.4. The van der Waals surface area contributed by atoms with Crippen molar-refractivity contribution in [3.63, 3.8) is 0 Å². The van der Waals surface area contributed by atoms with Crippen molar-refractivity contribution in [1.29, 1.82) is 0 Å². The van der Waals surface area contributed by atoms with Crippen LogP contribution in [-0.4, -0.2) is 47.8 Å². The van der Waals surface area contributed by atoms with E-state index in [0.717, 1.165) is 83.5 Å². The second-order valence-electron chi connectivity index (χ2n) is 10.3. The van der Waals surface area contributed by atoms with Crippen molar-refractivity contribution >= 4 is 13.7 Å². The molecule has 3 atom stereocenters. The average Bonchev–Trinajstić information content (AvgIpc) is 2.99. The second kappa shape index (κ2) is 30.0. The number of carbonyl (C=O) groups excluding carboxylic acids is 1. The Morgan fingerprint density at radius 1 is 0.791 bits per heavy atom. The van der Waals surface area contributed by atoms with E-state index < -0.39 is 20.0 Å². The lowest BCUT2D eigenvalue weighted by atomic mass is 10.1. The SMILES string of the molecule is CC/C=C\C/C=C\C/C=C\C/C=C\CCCCCCC(=O)NC(COP(=O)(O)OCCN)C(O)/C=C/CC/C=C/CCC. The van der Waals surface area contributed by atoms with Crippen molar-refractivity contribution in [2.75, 3.05) is 19.8 Å². The van der Waals surface area contributed by atoms with Crippen LogP contribution in [0.4, 0.5) is 0 Å². The Bertz CT molecular complexity index is 897. The first-order valence-corrected chi connectivity index (χ1v) is 17.6.